The number of carbonyl (C=O) groups excluding carboxylic acids is 1. The quantitative estimate of drug-likeness (QED) is 0.775. The maximum atomic E-state index is 13.6. The number of ether oxygens (including phenoxy) is 1. The number of primary amides is 1. The van der Waals surface area contributed by atoms with E-state index in [-0.39, 0.29) is 43.1 Å². The van der Waals surface area contributed by atoms with Crippen molar-refractivity contribution < 1.29 is 18.3 Å². The first-order valence-corrected chi connectivity index (χ1v) is 10.4. The minimum absolute atomic E-state index is 0. The van der Waals surface area contributed by atoms with E-state index in [2.05, 4.69) is 4.90 Å². The van der Waals surface area contributed by atoms with Gasteiger partial charge < -0.3 is 10.5 Å². The second kappa shape index (κ2) is 8.48. The Kier molecular flexibility index (Phi) is 6.56. The van der Waals surface area contributed by atoms with Crippen LogP contribution in [0.25, 0.3) is 0 Å². The molecular formula is C22H31ClF2N2O2. The third-order valence-electron chi connectivity index (χ3n) is 7.37. The van der Waals surface area contributed by atoms with Crippen LogP contribution in [0.1, 0.15) is 60.9 Å². The molecule has 0 aromatic heterocycles. The summed E-state index contributed by atoms with van der Waals surface area (Å²) in [7, 11) is 1.76. The molecule has 0 radical (unpaired) electrons. The minimum Gasteiger partial charge on any atom is -0.373 e. The number of piperidine rings is 1. The van der Waals surface area contributed by atoms with E-state index in [1.54, 1.807) is 13.2 Å². The van der Waals surface area contributed by atoms with E-state index in [1.807, 2.05) is 18.2 Å². The first-order chi connectivity index (χ1) is 13.4. The molecule has 3 fully saturated rings. The summed E-state index contributed by atoms with van der Waals surface area (Å²) >= 11 is 0. The van der Waals surface area contributed by atoms with Gasteiger partial charge in [-0.15, -0.1) is 12.4 Å². The molecule has 0 spiro atoms. The molecule has 1 aromatic carbocycles. The van der Waals surface area contributed by atoms with Crippen LogP contribution in [-0.2, 0) is 10.3 Å². The average Bonchev–Trinajstić information content (AvgIpc) is 2.67. The molecule has 1 heterocycles. The van der Waals surface area contributed by atoms with Crippen LogP contribution in [0, 0.1) is 11.8 Å². The van der Waals surface area contributed by atoms with Crippen molar-refractivity contribution in [1.82, 2.24) is 4.90 Å². The maximum Gasteiger partial charge on any atom is 0.248 e. The van der Waals surface area contributed by atoms with Crippen molar-refractivity contribution >= 4 is 18.3 Å². The monoisotopic (exact) mass is 428 g/mol. The van der Waals surface area contributed by atoms with Crippen molar-refractivity contribution in [2.45, 2.75) is 62.5 Å². The number of alkyl halides is 2. The first-order valence-electron chi connectivity index (χ1n) is 10.4. The third kappa shape index (κ3) is 4.04. The molecule has 1 aliphatic heterocycles. The van der Waals surface area contributed by atoms with Crippen molar-refractivity contribution in [1.29, 1.82) is 0 Å². The van der Waals surface area contributed by atoms with Gasteiger partial charge in [0.15, 0.2) is 0 Å². The molecule has 1 amide bonds. The van der Waals surface area contributed by atoms with E-state index in [4.69, 9.17) is 10.5 Å². The van der Waals surface area contributed by atoms with Gasteiger partial charge in [0.05, 0.1) is 0 Å². The first kappa shape index (κ1) is 22.4. The molecule has 2 saturated carbocycles. The summed E-state index contributed by atoms with van der Waals surface area (Å²) in [5.74, 6) is -2.35. The fourth-order valence-corrected chi connectivity index (χ4v) is 5.99. The summed E-state index contributed by atoms with van der Waals surface area (Å²) in [4.78, 5) is 14.1. The van der Waals surface area contributed by atoms with E-state index in [1.165, 1.54) is 0 Å². The number of nitrogens with two attached hydrogens (primary N) is 1. The number of halogens is 3. The van der Waals surface area contributed by atoms with E-state index in [0.717, 1.165) is 37.9 Å². The van der Waals surface area contributed by atoms with Crippen LogP contribution < -0.4 is 5.73 Å². The van der Waals surface area contributed by atoms with Crippen molar-refractivity contribution in [2.24, 2.45) is 17.6 Å². The van der Waals surface area contributed by atoms with Crippen LogP contribution in [0.4, 0.5) is 8.78 Å². The van der Waals surface area contributed by atoms with Gasteiger partial charge >= 0.3 is 0 Å². The Bertz CT molecular complexity index is 721. The molecule has 2 N–H and O–H groups in total. The van der Waals surface area contributed by atoms with Crippen LogP contribution in [0.3, 0.4) is 0 Å². The summed E-state index contributed by atoms with van der Waals surface area (Å²) in [5, 5.41) is 0. The van der Waals surface area contributed by atoms with Crippen LogP contribution in [0.2, 0.25) is 0 Å². The number of rotatable bonds is 4. The second-order valence-corrected chi connectivity index (χ2v) is 8.81. The minimum atomic E-state index is -2.49. The largest absolute Gasteiger partial charge is 0.373 e. The number of hydrogen-bond donors (Lipinski definition) is 1. The molecule has 2 bridgehead atoms. The molecule has 1 aromatic rings. The van der Waals surface area contributed by atoms with Gasteiger partial charge in [-0.05, 0) is 43.4 Å². The predicted molar refractivity (Wildman–Crippen MR) is 111 cm³/mol. The van der Waals surface area contributed by atoms with Gasteiger partial charge in [-0.1, -0.05) is 18.6 Å². The lowest BCUT2D eigenvalue weighted by Crippen LogP contribution is -2.61. The topological polar surface area (TPSA) is 55.6 Å². The van der Waals surface area contributed by atoms with Gasteiger partial charge in [-0.2, -0.15) is 0 Å². The standard InChI is InChI=1S/C22H30F2N2O2.ClH/c1-28-22(16-5-2-4-15(12-16)20(25)27)17-6-3-7-18(22)14-26(13-17)19-8-10-21(23,24)11-9-19;/h2,4-5,12,17-19H,3,6-11,13-14H2,1H3,(H2,25,27);1H. The Labute approximate surface area is 177 Å². The van der Waals surface area contributed by atoms with Crippen LogP contribution >= 0.6 is 12.4 Å². The van der Waals surface area contributed by atoms with Gasteiger partial charge in [0, 0.05) is 56.5 Å². The Morgan fingerprint density at radius 3 is 2.31 bits per heavy atom. The van der Waals surface area contributed by atoms with Crippen molar-refractivity contribution in [3.63, 3.8) is 0 Å². The molecule has 162 valence electrons. The Morgan fingerprint density at radius 2 is 1.76 bits per heavy atom. The number of hydrogen-bond acceptors (Lipinski definition) is 3. The van der Waals surface area contributed by atoms with Crippen molar-refractivity contribution in [2.75, 3.05) is 20.2 Å². The van der Waals surface area contributed by atoms with Crippen molar-refractivity contribution in [3.05, 3.63) is 35.4 Å². The molecule has 3 aliphatic rings. The highest BCUT2D eigenvalue weighted by Crippen LogP contribution is 2.52. The molecule has 2 atom stereocenters. The lowest BCUT2D eigenvalue weighted by atomic mass is 9.62. The van der Waals surface area contributed by atoms with Crippen LogP contribution in [-0.4, -0.2) is 43.0 Å². The number of methoxy groups -OCH3 is 1. The summed E-state index contributed by atoms with van der Waals surface area (Å²) < 4.78 is 33.4. The lowest BCUT2D eigenvalue weighted by Gasteiger charge is -2.57. The van der Waals surface area contributed by atoms with Crippen molar-refractivity contribution in [3.8, 4) is 0 Å². The third-order valence-corrected chi connectivity index (χ3v) is 7.37. The maximum absolute atomic E-state index is 13.6. The Morgan fingerprint density at radius 1 is 1.14 bits per heavy atom. The summed E-state index contributed by atoms with van der Waals surface area (Å²) in [5.41, 5.74) is 6.60. The molecule has 1 saturated heterocycles. The van der Waals surface area contributed by atoms with Gasteiger partial charge in [-0.25, -0.2) is 8.78 Å². The second-order valence-electron chi connectivity index (χ2n) is 8.81. The summed E-state index contributed by atoms with van der Waals surface area (Å²) in [6, 6.07) is 7.78. The fourth-order valence-electron chi connectivity index (χ4n) is 5.99. The molecule has 29 heavy (non-hydrogen) atoms. The number of nitrogens with zero attached hydrogens (tertiary/aromatic N) is 1. The van der Waals surface area contributed by atoms with Crippen LogP contribution in [0.5, 0.6) is 0 Å². The number of amides is 1. The number of likely N-dealkylation sites (tertiary alicyclic amines) is 1. The number of benzene rings is 1. The molecule has 2 aliphatic carbocycles. The molecule has 2 unspecified atom stereocenters. The summed E-state index contributed by atoms with van der Waals surface area (Å²) in [6.07, 6.45) is 4.40. The van der Waals surface area contributed by atoms with E-state index < -0.39 is 17.4 Å². The number of carbonyl (C=O) groups is 1. The van der Waals surface area contributed by atoms with E-state index >= 15 is 0 Å². The molecule has 7 heteroatoms. The highest BCUT2D eigenvalue weighted by molar-refractivity contribution is 5.92. The Hall–Kier alpha value is -1.24. The lowest BCUT2D eigenvalue weighted by molar-refractivity contribution is -0.178. The predicted octanol–water partition coefficient (Wildman–Crippen LogP) is 4.36. The van der Waals surface area contributed by atoms with E-state index in [9.17, 15) is 13.6 Å². The smallest absolute Gasteiger partial charge is 0.248 e. The zero-order chi connectivity index (χ0) is 19.9. The highest BCUT2D eigenvalue weighted by Gasteiger charge is 2.54. The Balaban J connectivity index is 0.00000240. The zero-order valence-electron chi connectivity index (χ0n) is 16.9. The molecule has 4 rings (SSSR count). The molecule has 4 nitrogen and oxygen atoms in total. The zero-order valence-corrected chi connectivity index (χ0v) is 17.7. The average molecular weight is 429 g/mol. The molecular weight excluding hydrogens is 398 g/mol. The van der Waals surface area contributed by atoms with Gasteiger partial charge in [-0.3, -0.25) is 9.69 Å². The van der Waals surface area contributed by atoms with Gasteiger partial charge in [0.2, 0.25) is 11.8 Å². The SMILES string of the molecule is COC1(c2cccc(C(N)=O)c2)C2CCCC1CN(C1CCC(F)(F)CC1)C2.Cl. The van der Waals surface area contributed by atoms with Gasteiger partial charge in [0.1, 0.15) is 5.60 Å². The van der Waals surface area contributed by atoms with Crippen LogP contribution in [0.15, 0.2) is 24.3 Å². The summed E-state index contributed by atoms with van der Waals surface area (Å²) in [6.45, 7) is 1.72. The fraction of sp³-hybridized carbons (Fsp3) is 0.682. The van der Waals surface area contributed by atoms with E-state index in [0.29, 0.717) is 18.4 Å². The highest BCUT2D eigenvalue weighted by atomic mass is 35.5. The normalized spacial score (nSPS) is 32.4. The van der Waals surface area contributed by atoms with Gasteiger partial charge in [0.25, 0.3) is 0 Å². The number of fused-ring (bicyclic) bond motifs is 2.